The predicted octanol–water partition coefficient (Wildman–Crippen LogP) is -0.795. The van der Waals surface area contributed by atoms with Gasteiger partial charge in [-0.1, -0.05) is 12.1 Å². The van der Waals surface area contributed by atoms with Crippen molar-refractivity contribution in [1.29, 1.82) is 0 Å². The molecule has 0 bridgehead atoms. The smallest absolute Gasteiger partial charge is 0.545 e. The molecule has 11 heteroatoms. The molecule has 0 atom stereocenters. The van der Waals surface area contributed by atoms with Gasteiger partial charge in [0.15, 0.2) is 0 Å². The summed E-state index contributed by atoms with van der Waals surface area (Å²) in [5.74, 6) is -4.85. The van der Waals surface area contributed by atoms with Gasteiger partial charge in [0.1, 0.15) is 0 Å². The van der Waals surface area contributed by atoms with Crippen LogP contribution in [0.1, 0.15) is 31.1 Å². The quantitative estimate of drug-likeness (QED) is 0.406. The van der Waals surface area contributed by atoms with Crippen molar-refractivity contribution in [2.24, 2.45) is 0 Å². The van der Waals surface area contributed by atoms with E-state index in [9.17, 15) is 19.5 Å². The van der Waals surface area contributed by atoms with Crippen LogP contribution in [-0.2, 0) is 17.1 Å². The summed E-state index contributed by atoms with van der Waals surface area (Å²) in [4.78, 5) is 40.1. The second-order valence-electron chi connectivity index (χ2n) is 2.85. The maximum atomic E-state index is 10.7. The van der Waals surface area contributed by atoms with E-state index in [-0.39, 0.29) is 17.1 Å². The van der Waals surface area contributed by atoms with Crippen LogP contribution in [0.2, 0.25) is 0 Å². The SMILES string of the molecule is O=C([O-])c1cccc(C(=O)O)c1C(=O)O.O=[N+]([O-])[O-].[Cu+2]. The molecular weight excluding hydrogens is 330 g/mol. The van der Waals surface area contributed by atoms with E-state index in [0.717, 1.165) is 18.2 Å². The minimum atomic E-state index is -1.75. The Balaban J connectivity index is 0. The fraction of sp³-hybridized carbons (Fsp3) is 0. The third kappa shape index (κ3) is 5.80. The van der Waals surface area contributed by atoms with Crippen LogP contribution in [0.5, 0.6) is 0 Å². The van der Waals surface area contributed by atoms with Crippen molar-refractivity contribution in [3.63, 3.8) is 0 Å². The Morgan fingerprint density at radius 2 is 1.40 bits per heavy atom. The molecule has 1 radical (unpaired) electrons. The van der Waals surface area contributed by atoms with Crippen LogP contribution in [0.4, 0.5) is 0 Å². The third-order valence-electron chi connectivity index (χ3n) is 1.73. The second kappa shape index (κ2) is 8.45. The van der Waals surface area contributed by atoms with Gasteiger partial charge in [-0.15, -0.1) is 0 Å². The first-order chi connectivity index (χ1) is 8.68. The van der Waals surface area contributed by atoms with Crippen LogP contribution in [-0.4, -0.2) is 33.2 Å². The van der Waals surface area contributed by atoms with Crippen molar-refractivity contribution in [1.82, 2.24) is 0 Å². The molecule has 0 unspecified atom stereocenters. The number of benzene rings is 1. The van der Waals surface area contributed by atoms with Crippen LogP contribution in [0, 0.1) is 15.3 Å². The zero-order chi connectivity index (χ0) is 15.2. The summed E-state index contributed by atoms with van der Waals surface area (Å²) in [6.07, 6.45) is 0. The maximum absolute atomic E-state index is 10.7. The Kier molecular flexibility index (Phi) is 8.32. The number of aromatic carboxylic acids is 3. The van der Waals surface area contributed by atoms with Gasteiger partial charge in [-0.05, 0) is 6.07 Å². The van der Waals surface area contributed by atoms with Gasteiger partial charge >= 0.3 is 29.0 Å². The number of carbonyl (C=O) groups is 3. The second-order valence-corrected chi connectivity index (χ2v) is 2.85. The van der Waals surface area contributed by atoms with E-state index in [4.69, 9.17) is 25.5 Å². The zero-order valence-corrected chi connectivity index (χ0v) is 10.2. The zero-order valence-electron chi connectivity index (χ0n) is 9.23. The first kappa shape index (κ1) is 19.7. The predicted molar refractivity (Wildman–Crippen MR) is 55.1 cm³/mol. The van der Waals surface area contributed by atoms with Gasteiger partial charge in [-0.3, -0.25) is 0 Å². The molecule has 20 heavy (non-hydrogen) atoms. The molecule has 0 fully saturated rings. The summed E-state index contributed by atoms with van der Waals surface area (Å²) in [6, 6.07) is 3.13. The Morgan fingerprint density at radius 3 is 1.70 bits per heavy atom. The first-order valence-corrected chi connectivity index (χ1v) is 4.31. The Labute approximate surface area is 120 Å². The van der Waals surface area contributed by atoms with Crippen molar-refractivity contribution in [2.75, 3.05) is 0 Å². The largest absolute Gasteiger partial charge is 2.00 e. The summed E-state index contributed by atoms with van der Waals surface area (Å²) < 4.78 is 0. The molecular formula is C9H5CuNO9. The fourth-order valence-corrected chi connectivity index (χ4v) is 1.13. The van der Waals surface area contributed by atoms with Gasteiger partial charge in [0.05, 0.1) is 22.2 Å². The molecule has 0 saturated heterocycles. The third-order valence-corrected chi connectivity index (χ3v) is 1.73. The van der Waals surface area contributed by atoms with E-state index in [1.165, 1.54) is 0 Å². The number of carboxylic acids is 3. The van der Waals surface area contributed by atoms with Crippen molar-refractivity contribution < 1.29 is 51.9 Å². The Bertz CT molecular complexity index is 506. The number of rotatable bonds is 3. The average Bonchev–Trinajstić information content (AvgIpc) is 2.26. The minimum absolute atomic E-state index is 0. The standard InChI is InChI=1S/C9H6O6.Cu.NO3/c10-7(11)4-2-1-3-5(8(12)13)6(4)9(14)15;;2-1(3)4/h1-3H,(H,10,11)(H,12,13)(H,14,15);;/q;+2;-1/p-1. The fourth-order valence-electron chi connectivity index (χ4n) is 1.13. The number of carboxylic acid groups (broad SMARTS) is 3. The Morgan fingerprint density at radius 1 is 1.00 bits per heavy atom. The van der Waals surface area contributed by atoms with E-state index in [1.54, 1.807) is 0 Å². The molecule has 10 nitrogen and oxygen atoms in total. The van der Waals surface area contributed by atoms with Crippen LogP contribution in [0.15, 0.2) is 18.2 Å². The summed E-state index contributed by atoms with van der Waals surface area (Å²) in [7, 11) is 0. The Hall–Kier alpha value is -2.65. The molecule has 111 valence electrons. The monoisotopic (exact) mass is 334 g/mol. The summed E-state index contributed by atoms with van der Waals surface area (Å²) in [6.45, 7) is 0. The molecule has 0 saturated carbocycles. The number of hydrogen-bond donors (Lipinski definition) is 2. The van der Waals surface area contributed by atoms with E-state index in [0.29, 0.717) is 0 Å². The molecule has 0 aliphatic heterocycles. The normalized spacial score (nSPS) is 8.40. The van der Waals surface area contributed by atoms with Gasteiger partial charge < -0.3 is 35.4 Å². The van der Waals surface area contributed by atoms with Crippen molar-refractivity contribution >= 4 is 17.9 Å². The maximum Gasteiger partial charge on any atom is 2.00 e. The number of hydrogen-bond acceptors (Lipinski definition) is 7. The molecule has 1 aromatic rings. The van der Waals surface area contributed by atoms with E-state index in [2.05, 4.69) is 0 Å². The van der Waals surface area contributed by atoms with Gasteiger partial charge in [-0.25, -0.2) is 9.59 Å². The van der Waals surface area contributed by atoms with Crippen molar-refractivity contribution in [3.8, 4) is 0 Å². The van der Waals surface area contributed by atoms with Crippen LogP contribution in [0.25, 0.3) is 0 Å². The molecule has 2 N–H and O–H groups in total. The van der Waals surface area contributed by atoms with Gasteiger partial charge in [0, 0.05) is 5.56 Å². The molecule has 0 heterocycles. The minimum Gasteiger partial charge on any atom is -0.545 e. The topological polar surface area (TPSA) is 181 Å². The van der Waals surface area contributed by atoms with Gasteiger partial charge in [0.25, 0.3) is 0 Å². The van der Waals surface area contributed by atoms with E-state index in [1.807, 2.05) is 0 Å². The molecule has 0 aliphatic rings. The molecule has 1 aromatic carbocycles. The van der Waals surface area contributed by atoms with Crippen molar-refractivity contribution in [2.45, 2.75) is 0 Å². The molecule has 1 rings (SSSR count). The summed E-state index contributed by atoms with van der Waals surface area (Å²) in [5, 5.41) is 42.6. The molecule has 0 amide bonds. The van der Waals surface area contributed by atoms with Crippen LogP contribution < -0.4 is 5.11 Å². The van der Waals surface area contributed by atoms with Gasteiger partial charge in [-0.2, -0.15) is 0 Å². The molecule has 0 aromatic heterocycles. The molecule has 0 spiro atoms. The summed E-state index contributed by atoms with van der Waals surface area (Å²) >= 11 is 0. The first-order valence-electron chi connectivity index (χ1n) is 4.31. The average molecular weight is 335 g/mol. The molecule has 0 aliphatic carbocycles. The van der Waals surface area contributed by atoms with Crippen LogP contribution in [0.3, 0.4) is 0 Å². The van der Waals surface area contributed by atoms with E-state index >= 15 is 0 Å². The van der Waals surface area contributed by atoms with E-state index < -0.39 is 39.7 Å². The summed E-state index contributed by atoms with van der Waals surface area (Å²) in [5.41, 5.74) is -2.00. The number of nitrogens with zero attached hydrogens (tertiary/aromatic N) is 1. The van der Waals surface area contributed by atoms with Gasteiger partial charge in [0.2, 0.25) is 0 Å². The number of carbonyl (C=O) groups excluding carboxylic acids is 1. The van der Waals surface area contributed by atoms with Crippen molar-refractivity contribution in [3.05, 3.63) is 50.2 Å². The van der Waals surface area contributed by atoms with Crippen LogP contribution >= 0.6 is 0 Å².